The minimum Gasteiger partial charge on any atom is -0.243 e. The predicted octanol–water partition coefficient (Wildman–Crippen LogP) is 2.58. The molecule has 0 radical (unpaired) electrons. The van der Waals surface area contributed by atoms with Crippen LogP contribution in [0.3, 0.4) is 0 Å². The van der Waals surface area contributed by atoms with Crippen LogP contribution >= 0.6 is 11.6 Å². The number of halogens is 1. The molecule has 6 heteroatoms. The minimum atomic E-state index is -3.62. The average molecular weight is 293 g/mol. The van der Waals surface area contributed by atoms with Gasteiger partial charge in [0.25, 0.3) is 0 Å². The largest absolute Gasteiger partial charge is 0.243 e. The van der Waals surface area contributed by atoms with E-state index < -0.39 is 9.84 Å². The van der Waals surface area contributed by atoms with E-state index in [4.69, 9.17) is 16.9 Å². The number of rotatable bonds is 3. The topological polar surface area (TPSA) is 70.8 Å². The molecule has 0 aliphatic carbocycles. The summed E-state index contributed by atoms with van der Waals surface area (Å²) in [4.78, 5) is 3.80. The summed E-state index contributed by atoms with van der Waals surface area (Å²) in [6.45, 7) is 0. The third-order valence-corrected chi connectivity index (χ3v) is 4.48. The molecule has 0 spiro atoms. The Labute approximate surface area is 116 Å². The minimum absolute atomic E-state index is 0.0962. The standard InChI is InChI=1S/C13H9ClN2O2S/c14-12-5-2-6-16-13(12)19(17,18)9-11-4-1-3-10(7-11)8-15/h1-7H,9H2. The lowest BCUT2D eigenvalue weighted by Gasteiger charge is -2.05. The first-order valence-corrected chi connectivity index (χ1v) is 7.38. The van der Waals surface area contributed by atoms with Gasteiger partial charge in [-0.2, -0.15) is 5.26 Å². The quantitative estimate of drug-likeness (QED) is 0.872. The van der Waals surface area contributed by atoms with Crippen molar-refractivity contribution < 1.29 is 8.42 Å². The van der Waals surface area contributed by atoms with Gasteiger partial charge < -0.3 is 0 Å². The summed E-state index contributed by atoms with van der Waals surface area (Å²) in [5.41, 5.74) is 0.945. The number of hydrogen-bond acceptors (Lipinski definition) is 4. The maximum absolute atomic E-state index is 12.2. The van der Waals surface area contributed by atoms with E-state index in [2.05, 4.69) is 4.98 Å². The van der Waals surface area contributed by atoms with Crippen molar-refractivity contribution in [3.63, 3.8) is 0 Å². The van der Waals surface area contributed by atoms with Gasteiger partial charge >= 0.3 is 0 Å². The molecule has 0 amide bonds. The molecule has 0 atom stereocenters. The summed E-state index contributed by atoms with van der Waals surface area (Å²) in [6.07, 6.45) is 1.38. The number of hydrogen-bond donors (Lipinski definition) is 0. The van der Waals surface area contributed by atoms with E-state index in [1.165, 1.54) is 18.3 Å². The molecular weight excluding hydrogens is 284 g/mol. The zero-order valence-electron chi connectivity index (χ0n) is 9.75. The molecule has 0 N–H and O–H groups in total. The van der Waals surface area contributed by atoms with Crippen molar-refractivity contribution in [1.82, 2.24) is 4.98 Å². The van der Waals surface area contributed by atoms with Gasteiger partial charge in [0, 0.05) is 6.20 Å². The summed E-state index contributed by atoms with van der Waals surface area (Å²) >= 11 is 5.84. The van der Waals surface area contributed by atoms with E-state index in [-0.39, 0.29) is 15.8 Å². The van der Waals surface area contributed by atoms with Crippen molar-refractivity contribution in [3.05, 3.63) is 58.7 Å². The molecule has 0 aliphatic rings. The first kappa shape index (κ1) is 13.5. The van der Waals surface area contributed by atoms with Crippen LogP contribution in [0.1, 0.15) is 11.1 Å². The van der Waals surface area contributed by atoms with E-state index in [1.807, 2.05) is 6.07 Å². The van der Waals surface area contributed by atoms with Crippen LogP contribution in [0.25, 0.3) is 0 Å². The first-order chi connectivity index (χ1) is 9.03. The molecule has 0 saturated carbocycles. The molecule has 0 saturated heterocycles. The second-order valence-corrected chi connectivity index (χ2v) is 6.17. The van der Waals surface area contributed by atoms with Gasteiger partial charge in [-0.15, -0.1) is 0 Å². The number of nitrogens with zero attached hydrogens (tertiary/aromatic N) is 2. The maximum Gasteiger partial charge on any atom is 0.201 e. The van der Waals surface area contributed by atoms with Crippen LogP contribution in [0.4, 0.5) is 0 Å². The fourth-order valence-electron chi connectivity index (χ4n) is 1.62. The Bertz CT molecular complexity index is 751. The van der Waals surface area contributed by atoms with Crippen molar-refractivity contribution >= 4 is 21.4 Å². The SMILES string of the molecule is N#Cc1cccc(CS(=O)(=O)c2ncccc2Cl)c1. The summed E-state index contributed by atoms with van der Waals surface area (Å²) in [6, 6.07) is 11.5. The van der Waals surface area contributed by atoms with Crippen LogP contribution < -0.4 is 0 Å². The van der Waals surface area contributed by atoms with Gasteiger partial charge in [0.2, 0.25) is 9.84 Å². The average Bonchev–Trinajstić information content (AvgIpc) is 2.38. The molecule has 0 unspecified atom stereocenters. The van der Waals surface area contributed by atoms with Gasteiger partial charge in [-0.05, 0) is 29.8 Å². The second kappa shape index (κ2) is 5.39. The number of sulfone groups is 1. The Morgan fingerprint density at radius 3 is 2.74 bits per heavy atom. The highest BCUT2D eigenvalue weighted by atomic mass is 35.5. The summed E-state index contributed by atoms with van der Waals surface area (Å²) in [5.74, 6) is -0.237. The van der Waals surface area contributed by atoms with Gasteiger partial charge in [-0.25, -0.2) is 13.4 Å². The fraction of sp³-hybridized carbons (Fsp3) is 0.0769. The summed E-state index contributed by atoms with van der Waals surface area (Å²) in [5, 5.41) is 8.75. The lowest BCUT2D eigenvalue weighted by atomic mass is 10.2. The van der Waals surface area contributed by atoms with Crippen molar-refractivity contribution in [3.8, 4) is 6.07 Å². The lowest BCUT2D eigenvalue weighted by molar-refractivity contribution is 0.591. The van der Waals surface area contributed by atoms with Crippen molar-refractivity contribution in [1.29, 1.82) is 5.26 Å². The number of nitriles is 1. The van der Waals surface area contributed by atoms with E-state index in [1.54, 1.807) is 24.3 Å². The molecule has 4 nitrogen and oxygen atoms in total. The van der Waals surface area contributed by atoms with Crippen LogP contribution in [0.5, 0.6) is 0 Å². The smallest absolute Gasteiger partial charge is 0.201 e. The third kappa shape index (κ3) is 3.11. The van der Waals surface area contributed by atoms with Crippen LogP contribution in [-0.2, 0) is 15.6 Å². The van der Waals surface area contributed by atoms with E-state index in [0.29, 0.717) is 11.1 Å². The molecule has 0 aliphatic heterocycles. The lowest BCUT2D eigenvalue weighted by Crippen LogP contribution is -2.07. The van der Waals surface area contributed by atoms with Gasteiger partial charge in [0.1, 0.15) is 0 Å². The zero-order valence-corrected chi connectivity index (χ0v) is 11.3. The molecule has 2 rings (SSSR count). The number of aromatic nitrogens is 1. The van der Waals surface area contributed by atoms with Crippen LogP contribution in [0, 0.1) is 11.3 Å². The number of benzene rings is 1. The summed E-state index contributed by atoms with van der Waals surface area (Å²) < 4.78 is 24.4. The van der Waals surface area contributed by atoms with Gasteiger partial charge in [0.15, 0.2) is 5.03 Å². The third-order valence-electron chi connectivity index (χ3n) is 2.43. The predicted molar refractivity (Wildman–Crippen MR) is 71.3 cm³/mol. The van der Waals surface area contributed by atoms with E-state index in [0.717, 1.165) is 0 Å². The monoisotopic (exact) mass is 292 g/mol. The van der Waals surface area contributed by atoms with E-state index in [9.17, 15) is 8.42 Å². The highest BCUT2D eigenvalue weighted by Crippen LogP contribution is 2.22. The first-order valence-electron chi connectivity index (χ1n) is 5.35. The molecule has 1 heterocycles. The molecule has 1 aromatic heterocycles. The van der Waals surface area contributed by atoms with Gasteiger partial charge in [-0.1, -0.05) is 23.7 Å². The molecule has 0 fully saturated rings. The van der Waals surface area contributed by atoms with Crippen molar-refractivity contribution in [2.75, 3.05) is 0 Å². The summed E-state index contributed by atoms with van der Waals surface area (Å²) in [7, 11) is -3.62. The second-order valence-electron chi connectivity index (χ2n) is 3.86. The Morgan fingerprint density at radius 1 is 1.26 bits per heavy atom. The van der Waals surface area contributed by atoms with Crippen LogP contribution in [0.2, 0.25) is 5.02 Å². The zero-order chi connectivity index (χ0) is 13.9. The van der Waals surface area contributed by atoms with Crippen molar-refractivity contribution in [2.45, 2.75) is 10.8 Å². The Morgan fingerprint density at radius 2 is 2.05 bits per heavy atom. The molecule has 2 aromatic rings. The van der Waals surface area contributed by atoms with Gasteiger partial charge in [-0.3, -0.25) is 0 Å². The molecule has 1 aromatic carbocycles. The van der Waals surface area contributed by atoms with Crippen molar-refractivity contribution in [2.24, 2.45) is 0 Å². The molecule has 96 valence electrons. The fourth-order valence-corrected chi connectivity index (χ4v) is 3.43. The Hall–Kier alpha value is -1.90. The van der Waals surface area contributed by atoms with E-state index >= 15 is 0 Å². The van der Waals surface area contributed by atoms with Gasteiger partial charge in [0.05, 0.1) is 22.4 Å². The molecule has 19 heavy (non-hydrogen) atoms. The number of pyridine rings is 1. The molecule has 0 bridgehead atoms. The Kier molecular flexibility index (Phi) is 3.84. The van der Waals surface area contributed by atoms with Crippen LogP contribution in [0.15, 0.2) is 47.6 Å². The highest BCUT2D eigenvalue weighted by Gasteiger charge is 2.20. The maximum atomic E-state index is 12.2. The Balaban J connectivity index is 2.37. The highest BCUT2D eigenvalue weighted by molar-refractivity contribution is 7.90. The molecular formula is C13H9ClN2O2S. The van der Waals surface area contributed by atoms with Crippen LogP contribution in [-0.4, -0.2) is 13.4 Å². The normalized spacial score (nSPS) is 10.9.